The highest BCUT2D eigenvalue weighted by molar-refractivity contribution is 5.84. The van der Waals surface area contributed by atoms with Crippen LogP contribution in [0.25, 0.3) is 0 Å². The fraction of sp³-hybridized carbons (Fsp3) is 0.611. The van der Waals surface area contributed by atoms with Crippen LogP contribution < -0.4 is 15.4 Å². The van der Waals surface area contributed by atoms with E-state index in [9.17, 15) is 4.79 Å². The third-order valence-corrected chi connectivity index (χ3v) is 5.37. The number of hydrogen-bond acceptors (Lipinski definition) is 3. The van der Waals surface area contributed by atoms with E-state index >= 15 is 0 Å². The average Bonchev–Trinajstić information content (AvgIpc) is 2.98. The van der Waals surface area contributed by atoms with Crippen LogP contribution in [0, 0.1) is 18.3 Å². The Hall–Kier alpha value is -1.55. The quantitative estimate of drug-likeness (QED) is 0.898. The Morgan fingerprint density at radius 1 is 1.45 bits per heavy atom. The minimum absolute atomic E-state index is 0.184. The fourth-order valence-corrected chi connectivity index (χ4v) is 4.04. The van der Waals surface area contributed by atoms with E-state index in [1.807, 2.05) is 19.1 Å². The van der Waals surface area contributed by atoms with Crippen molar-refractivity contribution < 1.29 is 9.53 Å². The van der Waals surface area contributed by atoms with Gasteiger partial charge in [-0.3, -0.25) is 4.79 Å². The van der Waals surface area contributed by atoms with Gasteiger partial charge in [-0.05, 0) is 43.9 Å². The third-order valence-electron chi connectivity index (χ3n) is 5.37. The van der Waals surface area contributed by atoms with Crippen molar-refractivity contribution in [3.63, 3.8) is 0 Å². The van der Waals surface area contributed by atoms with E-state index in [-0.39, 0.29) is 11.3 Å². The van der Waals surface area contributed by atoms with E-state index in [1.165, 1.54) is 19.3 Å². The number of benzene rings is 1. The summed E-state index contributed by atoms with van der Waals surface area (Å²) in [6, 6.07) is 6.11. The predicted molar refractivity (Wildman–Crippen MR) is 86.8 cm³/mol. The van der Waals surface area contributed by atoms with Crippen molar-refractivity contribution in [1.29, 1.82) is 0 Å². The van der Waals surface area contributed by atoms with Gasteiger partial charge in [-0.1, -0.05) is 25.0 Å². The lowest BCUT2D eigenvalue weighted by Gasteiger charge is -2.37. The maximum Gasteiger partial charge on any atom is 0.228 e. The molecule has 1 heterocycles. The monoisotopic (exact) mass is 302 g/mol. The molecule has 3 rings (SSSR count). The Kier molecular flexibility index (Phi) is 4.39. The first-order chi connectivity index (χ1) is 10.7. The largest absolute Gasteiger partial charge is 0.496 e. The lowest BCUT2D eigenvalue weighted by atomic mass is 9.67. The molecule has 1 aliphatic heterocycles. The van der Waals surface area contributed by atoms with Gasteiger partial charge in [0.2, 0.25) is 5.91 Å². The number of hydrogen-bond donors (Lipinski definition) is 2. The second-order valence-electron chi connectivity index (χ2n) is 6.73. The van der Waals surface area contributed by atoms with Gasteiger partial charge in [0.15, 0.2) is 0 Å². The van der Waals surface area contributed by atoms with Gasteiger partial charge in [0.1, 0.15) is 5.75 Å². The van der Waals surface area contributed by atoms with Crippen LogP contribution in [0.2, 0.25) is 0 Å². The molecular weight excluding hydrogens is 276 g/mol. The lowest BCUT2D eigenvalue weighted by molar-refractivity contribution is -0.134. The molecule has 1 aliphatic carbocycles. The van der Waals surface area contributed by atoms with Gasteiger partial charge in [0.05, 0.1) is 12.5 Å². The summed E-state index contributed by atoms with van der Waals surface area (Å²) in [6.07, 6.45) is 4.61. The topological polar surface area (TPSA) is 50.4 Å². The number of nitrogens with one attached hydrogen (secondary N) is 2. The molecule has 0 bridgehead atoms. The van der Waals surface area contributed by atoms with Crippen LogP contribution in [0.15, 0.2) is 18.2 Å². The van der Waals surface area contributed by atoms with Crippen molar-refractivity contribution in [2.75, 3.05) is 20.2 Å². The van der Waals surface area contributed by atoms with Crippen molar-refractivity contribution in [1.82, 2.24) is 10.6 Å². The smallest absolute Gasteiger partial charge is 0.228 e. The Labute approximate surface area is 132 Å². The highest BCUT2D eigenvalue weighted by Crippen LogP contribution is 2.44. The Morgan fingerprint density at radius 3 is 3.14 bits per heavy atom. The zero-order valence-corrected chi connectivity index (χ0v) is 13.6. The molecule has 2 aliphatic rings. The van der Waals surface area contributed by atoms with Crippen LogP contribution in [0.3, 0.4) is 0 Å². The van der Waals surface area contributed by atoms with E-state index in [2.05, 4.69) is 16.7 Å². The molecule has 4 nitrogen and oxygen atoms in total. The van der Waals surface area contributed by atoms with E-state index in [0.29, 0.717) is 12.5 Å². The Balaban J connectivity index is 1.70. The Bertz CT molecular complexity index is 558. The summed E-state index contributed by atoms with van der Waals surface area (Å²) in [4.78, 5) is 12.8. The number of fused-ring (bicyclic) bond motifs is 1. The van der Waals surface area contributed by atoms with Crippen LogP contribution in [-0.2, 0) is 11.3 Å². The Morgan fingerprint density at radius 2 is 2.32 bits per heavy atom. The molecule has 22 heavy (non-hydrogen) atoms. The summed E-state index contributed by atoms with van der Waals surface area (Å²) in [7, 11) is 1.68. The van der Waals surface area contributed by atoms with Gasteiger partial charge in [0, 0.05) is 18.7 Å². The summed E-state index contributed by atoms with van der Waals surface area (Å²) in [5.74, 6) is 1.56. The SMILES string of the molecule is COc1cc(C)ccc1CNC(=O)[C@@]12CCCC[C@H]1CNC2. The third kappa shape index (κ3) is 2.72. The molecule has 2 fully saturated rings. The minimum Gasteiger partial charge on any atom is -0.496 e. The summed E-state index contributed by atoms with van der Waals surface area (Å²) in [5, 5.41) is 6.59. The number of rotatable bonds is 4. The van der Waals surface area contributed by atoms with Crippen LogP contribution in [-0.4, -0.2) is 26.1 Å². The molecular formula is C18H26N2O2. The molecule has 1 aromatic carbocycles. The number of aryl methyl sites for hydroxylation is 1. The molecule has 2 N–H and O–H groups in total. The number of methoxy groups -OCH3 is 1. The normalized spacial score (nSPS) is 27.3. The molecule has 1 saturated heterocycles. The second kappa shape index (κ2) is 6.29. The van der Waals surface area contributed by atoms with Gasteiger partial charge in [-0.2, -0.15) is 0 Å². The first-order valence-corrected chi connectivity index (χ1v) is 8.28. The maximum absolute atomic E-state index is 12.8. The van der Waals surface area contributed by atoms with E-state index < -0.39 is 0 Å². The second-order valence-corrected chi connectivity index (χ2v) is 6.73. The first-order valence-electron chi connectivity index (χ1n) is 8.28. The van der Waals surface area contributed by atoms with Crippen molar-refractivity contribution in [2.24, 2.45) is 11.3 Å². The van der Waals surface area contributed by atoms with Crippen LogP contribution in [0.1, 0.15) is 36.8 Å². The highest BCUT2D eigenvalue weighted by Gasteiger charge is 2.49. The van der Waals surface area contributed by atoms with Gasteiger partial charge < -0.3 is 15.4 Å². The highest BCUT2D eigenvalue weighted by atomic mass is 16.5. The van der Waals surface area contributed by atoms with Crippen LogP contribution in [0.5, 0.6) is 5.75 Å². The molecule has 1 amide bonds. The van der Waals surface area contributed by atoms with Crippen LogP contribution >= 0.6 is 0 Å². The number of carbonyl (C=O) groups excluding carboxylic acids is 1. The molecule has 4 heteroatoms. The van der Waals surface area contributed by atoms with Gasteiger partial charge in [0.25, 0.3) is 0 Å². The van der Waals surface area contributed by atoms with E-state index in [4.69, 9.17) is 4.74 Å². The molecule has 1 saturated carbocycles. The lowest BCUT2D eigenvalue weighted by Crippen LogP contribution is -2.47. The van der Waals surface area contributed by atoms with Crippen LogP contribution in [0.4, 0.5) is 0 Å². The first kappa shape index (κ1) is 15.3. The summed E-state index contributed by atoms with van der Waals surface area (Å²) in [6.45, 7) is 4.40. The van der Waals surface area contributed by atoms with Crippen molar-refractivity contribution in [3.05, 3.63) is 29.3 Å². The van der Waals surface area contributed by atoms with E-state index in [1.54, 1.807) is 7.11 Å². The van der Waals surface area contributed by atoms with E-state index in [0.717, 1.165) is 36.4 Å². The molecule has 0 radical (unpaired) electrons. The molecule has 0 unspecified atom stereocenters. The molecule has 120 valence electrons. The summed E-state index contributed by atoms with van der Waals surface area (Å²) >= 11 is 0. The molecule has 1 aromatic rings. The summed E-state index contributed by atoms with van der Waals surface area (Å²) in [5.41, 5.74) is 2.02. The minimum atomic E-state index is -0.184. The standard InChI is InChI=1S/C18H26N2O2/c1-13-6-7-14(16(9-13)22-2)10-20-17(21)18-8-4-3-5-15(18)11-19-12-18/h6-7,9,15,19H,3-5,8,10-12H2,1-2H3,(H,20,21)/t15-,18+/m0/s1. The van der Waals surface area contributed by atoms with Gasteiger partial charge in [-0.25, -0.2) is 0 Å². The number of carbonyl (C=O) groups is 1. The maximum atomic E-state index is 12.8. The predicted octanol–water partition coefficient (Wildman–Crippen LogP) is 2.40. The number of amides is 1. The zero-order chi connectivity index (χ0) is 15.6. The average molecular weight is 302 g/mol. The van der Waals surface area contributed by atoms with Crippen molar-refractivity contribution in [2.45, 2.75) is 39.2 Å². The zero-order valence-electron chi connectivity index (χ0n) is 13.6. The molecule has 0 aromatic heterocycles. The van der Waals surface area contributed by atoms with Crippen molar-refractivity contribution >= 4 is 5.91 Å². The summed E-state index contributed by atoms with van der Waals surface area (Å²) < 4.78 is 5.43. The number of ether oxygens (including phenoxy) is 1. The fourth-order valence-electron chi connectivity index (χ4n) is 4.04. The molecule has 0 spiro atoms. The van der Waals surface area contributed by atoms with Gasteiger partial charge >= 0.3 is 0 Å². The molecule has 2 atom stereocenters. The van der Waals surface area contributed by atoms with Gasteiger partial charge in [-0.15, -0.1) is 0 Å². The van der Waals surface area contributed by atoms with Crippen molar-refractivity contribution in [3.8, 4) is 5.75 Å².